The van der Waals surface area contributed by atoms with Gasteiger partial charge in [-0.15, -0.1) is 0 Å². The van der Waals surface area contributed by atoms with Gasteiger partial charge in [0, 0.05) is 24.9 Å². The molecule has 2 rings (SSSR count). The summed E-state index contributed by atoms with van der Waals surface area (Å²) in [6.45, 7) is 1.95. The predicted octanol–water partition coefficient (Wildman–Crippen LogP) is 1.88. The lowest BCUT2D eigenvalue weighted by Gasteiger charge is -1.99. The van der Waals surface area contributed by atoms with Crippen molar-refractivity contribution in [2.45, 2.75) is 13.3 Å². The Kier molecular flexibility index (Phi) is 2.95. The van der Waals surface area contributed by atoms with Gasteiger partial charge in [0.1, 0.15) is 5.76 Å². The number of aryl methyl sites for hydroxylation is 1. The van der Waals surface area contributed by atoms with Gasteiger partial charge in [-0.1, -0.05) is 12.1 Å². The molecule has 0 saturated carbocycles. The smallest absolute Gasteiger partial charge is 0.258 e. The van der Waals surface area contributed by atoms with Crippen molar-refractivity contribution in [1.82, 2.24) is 10.1 Å². The van der Waals surface area contributed by atoms with Crippen LogP contribution in [0.3, 0.4) is 0 Å². The third kappa shape index (κ3) is 2.25. The van der Waals surface area contributed by atoms with Crippen molar-refractivity contribution in [2.75, 3.05) is 5.32 Å². The van der Waals surface area contributed by atoms with Crippen molar-refractivity contribution in [2.24, 2.45) is 0 Å². The molecule has 2 aromatic rings. The van der Waals surface area contributed by atoms with Crippen LogP contribution in [0.15, 0.2) is 35.1 Å². The summed E-state index contributed by atoms with van der Waals surface area (Å²) < 4.78 is 4.97. The Morgan fingerprint density at radius 3 is 3.06 bits per heavy atom. The van der Waals surface area contributed by atoms with Crippen LogP contribution in [0.5, 0.6) is 0 Å². The number of carbonyl (C=O) groups is 1. The maximum absolute atomic E-state index is 11.7. The summed E-state index contributed by atoms with van der Waals surface area (Å²) in [6, 6.07) is 5.09. The lowest BCUT2D eigenvalue weighted by Crippen LogP contribution is -2.12. The van der Waals surface area contributed by atoms with E-state index >= 15 is 0 Å². The first-order chi connectivity index (χ1) is 7.79. The van der Waals surface area contributed by atoms with E-state index < -0.39 is 0 Å². The van der Waals surface area contributed by atoms with E-state index in [-0.39, 0.29) is 5.91 Å². The Bertz CT molecular complexity index is 479. The van der Waals surface area contributed by atoms with Crippen LogP contribution in [0, 0.1) is 0 Å². The quantitative estimate of drug-likeness (QED) is 0.852. The van der Waals surface area contributed by atoms with Crippen LogP contribution in [0.4, 0.5) is 5.82 Å². The largest absolute Gasteiger partial charge is 0.359 e. The Morgan fingerprint density at radius 1 is 1.56 bits per heavy atom. The Morgan fingerprint density at radius 2 is 2.44 bits per heavy atom. The second-order valence-corrected chi connectivity index (χ2v) is 3.23. The SMILES string of the molecule is CCc1cc(NC(=O)c2cccnc2)no1. The molecule has 0 fully saturated rings. The third-order valence-electron chi connectivity index (χ3n) is 2.07. The minimum Gasteiger partial charge on any atom is -0.359 e. The van der Waals surface area contributed by atoms with Crippen LogP contribution in [0.25, 0.3) is 0 Å². The van der Waals surface area contributed by atoms with Crippen LogP contribution in [0.1, 0.15) is 23.0 Å². The molecule has 0 aliphatic heterocycles. The van der Waals surface area contributed by atoms with Crippen LogP contribution in [-0.2, 0) is 6.42 Å². The van der Waals surface area contributed by atoms with E-state index in [1.165, 1.54) is 6.20 Å². The average molecular weight is 217 g/mol. The minimum absolute atomic E-state index is 0.246. The summed E-state index contributed by atoms with van der Waals surface area (Å²) in [4.78, 5) is 15.5. The van der Waals surface area contributed by atoms with Crippen molar-refractivity contribution >= 4 is 11.7 Å². The van der Waals surface area contributed by atoms with E-state index in [4.69, 9.17) is 4.52 Å². The highest BCUT2D eigenvalue weighted by Crippen LogP contribution is 2.10. The van der Waals surface area contributed by atoms with Gasteiger partial charge in [-0.25, -0.2) is 0 Å². The van der Waals surface area contributed by atoms with E-state index in [1.807, 2.05) is 6.92 Å². The van der Waals surface area contributed by atoms with Gasteiger partial charge in [0.15, 0.2) is 5.82 Å². The van der Waals surface area contributed by atoms with Crippen LogP contribution in [0.2, 0.25) is 0 Å². The van der Waals surface area contributed by atoms with Crippen LogP contribution in [-0.4, -0.2) is 16.0 Å². The van der Waals surface area contributed by atoms with Gasteiger partial charge in [-0.2, -0.15) is 0 Å². The van der Waals surface area contributed by atoms with Crippen molar-refractivity contribution in [3.8, 4) is 0 Å². The topological polar surface area (TPSA) is 68.0 Å². The lowest BCUT2D eigenvalue weighted by atomic mass is 10.2. The number of nitrogens with zero attached hydrogens (tertiary/aromatic N) is 2. The summed E-state index contributed by atoms with van der Waals surface area (Å²) in [5, 5.41) is 6.35. The number of hydrogen-bond donors (Lipinski definition) is 1. The number of aromatic nitrogens is 2. The molecule has 0 aliphatic carbocycles. The van der Waals surface area contributed by atoms with Gasteiger partial charge in [0.05, 0.1) is 5.56 Å². The average Bonchev–Trinajstić information content (AvgIpc) is 2.78. The summed E-state index contributed by atoms with van der Waals surface area (Å²) in [5.41, 5.74) is 0.489. The molecular formula is C11H11N3O2. The van der Waals surface area contributed by atoms with Crippen LogP contribution < -0.4 is 5.32 Å². The summed E-state index contributed by atoms with van der Waals surface area (Å²) >= 11 is 0. The molecule has 0 aromatic carbocycles. The fourth-order valence-corrected chi connectivity index (χ4v) is 1.22. The molecular weight excluding hydrogens is 206 g/mol. The molecule has 16 heavy (non-hydrogen) atoms. The normalized spacial score (nSPS) is 10.1. The molecule has 1 amide bonds. The van der Waals surface area contributed by atoms with Crippen molar-refractivity contribution in [3.63, 3.8) is 0 Å². The molecule has 0 saturated heterocycles. The molecule has 82 valence electrons. The Labute approximate surface area is 92.5 Å². The first-order valence-electron chi connectivity index (χ1n) is 4.96. The summed E-state index contributed by atoms with van der Waals surface area (Å²) in [7, 11) is 0. The first kappa shape index (κ1) is 10.4. The lowest BCUT2D eigenvalue weighted by molar-refractivity contribution is 0.102. The van der Waals surface area contributed by atoms with Crippen molar-refractivity contribution in [3.05, 3.63) is 41.9 Å². The highest BCUT2D eigenvalue weighted by atomic mass is 16.5. The molecule has 0 aliphatic rings. The first-order valence-corrected chi connectivity index (χ1v) is 4.96. The third-order valence-corrected chi connectivity index (χ3v) is 2.07. The van der Waals surface area contributed by atoms with Gasteiger partial charge in [0.2, 0.25) is 0 Å². The highest BCUT2D eigenvalue weighted by Gasteiger charge is 2.08. The number of rotatable bonds is 3. The predicted molar refractivity (Wildman–Crippen MR) is 58.1 cm³/mol. The molecule has 0 atom stereocenters. The number of carbonyl (C=O) groups excluding carboxylic acids is 1. The molecule has 0 bridgehead atoms. The van der Waals surface area contributed by atoms with Crippen molar-refractivity contribution in [1.29, 1.82) is 0 Å². The number of pyridine rings is 1. The van der Waals surface area contributed by atoms with E-state index in [2.05, 4.69) is 15.5 Å². The zero-order valence-corrected chi connectivity index (χ0v) is 8.80. The van der Waals surface area contributed by atoms with Crippen LogP contribution >= 0.6 is 0 Å². The zero-order chi connectivity index (χ0) is 11.4. The number of anilines is 1. The molecule has 5 nitrogen and oxygen atoms in total. The van der Waals surface area contributed by atoms with Gasteiger partial charge in [-0.05, 0) is 12.1 Å². The fraction of sp³-hybridized carbons (Fsp3) is 0.182. The van der Waals surface area contributed by atoms with Gasteiger partial charge < -0.3 is 9.84 Å². The highest BCUT2D eigenvalue weighted by molar-refractivity contribution is 6.03. The second-order valence-electron chi connectivity index (χ2n) is 3.23. The molecule has 1 N–H and O–H groups in total. The summed E-state index contributed by atoms with van der Waals surface area (Å²) in [5.74, 6) is 0.913. The maximum atomic E-state index is 11.7. The van der Waals surface area contributed by atoms with Gasteiger partial charge in [0.25, 0.3) is 5.91 Å². The minimum atomic E-state index is -0.246. The molecule has 2 heterocycles. The molecule has 0 radical (unpaired) electrons. The summed E-state index contributed by atoms with van der Waals surface area (Å²) in [6.07, 6.45) is 3.86. The van der Waals surface area contributed by atoms with Gasteiger partial charge in [-0.3, -0.25) is 9.78 Å². The number of hydrogen-bond acceptors (Lipinski definition) is 4. The van der Waals surface area contributed by atoms with Crippen molar-refractivity contribution < 1.29 is 9.32 Å². The standard InChI is InChI=1S/C11H11N3O2/c1-2-9-6-10(14-16-9)13-11(15)8-4-3-5-12-7-8/h3-7H,2H2,1H3,(H,13,14,15). The second kappa shape index (κ2) is 4.57. The van der Waals surface area contributed by atoms with E-state index in [0.29, 0.717) is 11.4 Å². The fourth-order valence-electron chi connectivity index (χ4n) is 1.22. The monoisotopic (exact) mass is 217 g/mol. The van der Waals surface area contributed by atoms with E-state index in [1.54, 1.807) is 24.4 Å². The van der Waals surface area contributed by atoms with E-state index in [9.17, 15) is 4.79 Å². The molecule has 2 aromatic heterocycles. The Balaban J connectivity index is 2.08. The zero-order valence-electron chi connectivity index (χ0n) is 8.80. The molecule has 0 unspecified atom stereocenters. The van der Waals surface area contributed by atoms with E-state index in [0.717, 1.165) is 12.2 Å². The molecule has 5 heteroatoms. The number of amides is 1. The molecule has 0 spiro atoms. The Hall–Kier alpha value is -2.17. The van der Waals surface area contributed by atoms with Gasteiger partial charge >= 0.3 is 0 Å². The number of nitrogens with one attached hydrogen (secondary N) is 1. The maximum Gasteiger partial charge on any atom is 0.258 e.